The summed E-state index contributed by atoms with van der Waals surface area (Å²) in [5.74, 6) is 0. The Morgan fingerprint density at radius 2 is 2.17 bits per heavy atom. The SMILES string of the molecule is CSNc1cccc(NC=O)c1. The molecule has 0 atom stereocenters. The zero-order chi connectivity index (χ0) is 8.81. The second-order valence-corrected chi connectivity index (χ2v) is 2.76. The molecule has 64 valence electrons. The van der Waals surface area contributed by atoms with Gasteiger partial charge in [-0.05, 0) is 18.2 Å². The van der Waals surface area contributed by atoms with E-state index in [9.17, 15) is 4.79 Å². The molecule has 0 radical (unpaired) electrons. The number of benzene rings is 1. The first kappa shape index (κ1) is 8.93. The molecule has 0 bridgehead atoms. The van der Waals surface area contributed by atoms with Crippen LogP contribution in [0.4, 0.5) is 11.4 Å². The lowest BCUT2D eigenvalue weighted by molar-refractivity contribution is -0.105. The van der Waals surface area contributed by atoms with Crippen molar-refractivity contribution < 1.29 is 4.79 Å². The largest absolute Gasteiger partial charge is 0.330 e. The van der Waals surface area contributed by atoms with Gasteiger partial charge in [0.2, 0.25) is 6.41 Å². The van der Waals surface area contributed by atoms with Crippen molar-refractivity contribution in [3.8, 4) is 0 Å². The third-order valence-electron chi connectivity index (χ3n) is 1.31. The van der Waals surface area contributed by atoms with E-state index in [1.54, 1.807) is 0 Å². The normalized spacial score (nSPS) is 9.08. The molecule has 0 aliphatic rings. The van der Waals surface area contributed by atoms with E-state index in [1.165, 1.54) is 11.9 Å². The number of nitrogens with one attached hydrogen (secondary N) is 2. The smallest absolute Gasteiger partial charge is 0.211 e. The van der Waals surface area contributed by atoms with E-state index in [-0.39, 0.29) is 0 Å². The molecule has 2 N–H and O–H groups in total. The summed E-state index contributed by atoms with van der Waals surface area (Å²) in [7, 11) is 0. The van der Waals surface area contributed by atoms with Crippen LogP contribution in [0.5, 0.6) is 0 Å². The Morgan fingerprint density at radius 1 is 1.42 bits per heavy atom. The molecule has 1 aromatic carbocycles. The fourth-order valence-electron chi connectivity index (χ4n) is 0.858. The van der Waals surface area contributed by atoms with Gasteiger partial charge in [-0.1, -0.05) is 18.0 Å². The third-order valence-corrected chi connectivity index (χ3v) is 1.75. The molecule has 0 spiro atoms. The van der Waals surface area contributed by atoms with Gasteiger partial charge in [-0.25, -0.2) is 0 Å². The van der Waals surface area contributed by atoms with E-state index in [0.29, 0.717) is 6.41 Å². The molecule has 0 aliphatic heterocycles. The average Bonchev–Trinajstić information content (AvgIpc) is 2.06. The summed E-state index contributed by atoms with van der Waals surface area (Å²) in [5, 5.41) is 2.58. The number of hydrogen-bond donors (Lipinski definition) is 2. The molecule has 0 heterocycles. The minimum atomic E-state index is 0.665. The fraction of sp³-hybridized carbons (Fsp3) is 0.125. The third kappa shape index (κ3) is 2.47. The molecule has 4 heteroatoms. The Labute approximate surface area is 75.7 Å². The molecule has 12 heavy (non-hydrogen) atoms. The molecule has 0 saturated carbocycles. The van der Waals surface area contributed by atoms with Crippen molar-refractivity contribution in [2.45, 2.75) is 0 Å². The predicted octanol–water partition coefficient (Wildman–Crippen LogP) is 1.94. The van der Waals surface area contributed by atoms with Crippen LogP contribution < -0.4 is 10.0 Å². The molecule has 0 fully saturated rings. The lowest BCUT2D eigenvalue weighted by Crippen LogP contribution is -1.94. The molecule has 1 rings (SSSR count). The Bertz CT molecular complexity index is 265. The molecule has 0 unspecified atom stereocenters. The van der Waals surface area contributed by atoms with Gasteiger partial charge in [0.15, 0.2) is 0 Å². The van der Waals surface area contributed by atoms with E-state index in [1.807, 2.05) is 30.5 Å². The Morgan fingerprint density at radius 3 is 2.83 bits per heavy atom. The number of carbonyl (C=O) groups excluding carboxylic acids is 1. The molecular formula is C8H10N2OS. The van der Waals surface area contributed by atoms with Gasteiger partial charge >= 0.3 is 0 Å². The van der Waals surface area contributed by atoms with Crippen molar-refractivity contribution in [1.29, 1.82) is 0 Å². The highest BCUT2D eigenvalue weighted by molar-refractivity contribution is 7.99. The number of rotatable bonds is 4. The van der Waals surface area contributed by atoms with Crippen molar-refractivity contribution in [3.63, 3.8) is 0 Å². The van der Waals surface area contributed by atoms with Crippen LogP contribution in [0, 0.1) is 0 Å². The first-order chi connectivity index (χ1) is 5.86. The van der Waals surface area contributed by atoms with Crippen LogP contribution in [0.3, 0.4) is 0 Å². The molecular weight excluding hydrogens is 172 g/mol. The highest BCUT2D eigenvalue weighted by Crippen LogP contribution is 2.16. The van der Waals surface area contributed by atoms with Crippen LogP contribution in [0.2, 0.25) is 0 Å². The molecule has 0 aromatic heterocycles. The van der Waals surface area contributed by atoms with E-state index in [0.717, 1.165) is 11.4 Å². The summed E-state index contributed by atoms with van der Waals surface area (Å²) in [6.07, 6.45) is 2.61. The maximum Gasteiger partial charge on any atom is 0.211 e. The standard InChI is InChI=1S/C8H10N2OS/c1-12-10-8-4-2-3-7(5-8)9-6-11/h2-6,10H,1H3,(H,9,11). The van der Waals surface area contributed by atoms with Gasteiger partial charge in [0, 0.05) is 17.6 Å². The average molecular weight is 182 g/mol. The first-order valence-corrected chi connectivity index (χ1v) is 4.68. The molecule has 1 aromatic rings. The molecule has 3 nitrogen and oxygen atoms in total. The van der Waals surface area contributed by atoms with Crippen LogP contribution in [-0.2, 0) is 4.79 Å². The Kier molecular flexibility index (Phi) is 3.47. The quantitative estimate of drug-likeness (QED) is 0.552. The van der Waals surface area contributed by atoms with Gasteiger partial charge in [0.25, 0.3) is 0 Å². The van der Waals surface area contributed by atoms with Crippen LogP contribution in [0.25, 0.3) is 0 Å². The number of carbonyl (C=O) groups is 1. The monoisotopic (exact) mass is 182 g/mol. The van der Waals surface area contributed by atoms with Gasteiger partial charge in [-0.15, -0.1) is 0 Å². The zero-order valence-electron chi connectivity index (χ0n) is 6.70. The topological polar surface area (TPSA) is 41.1 Å². The summed E-state index contributed by atoms with van der Waals surface area (Å²) in [6, 6.07) is 7.52. The van der Waals surface area contributed by atoms with Crippen molar-refractivity contribution in [2.24, 2.45) is 0 Å². The first-order valence-electron chi connectivity index (χ1n) is 3.46. The second-order valence-electron chi connectivity index (χ2n) is 2.15. The maximum atomic E-state index is 10.1. The molecule has 0 aliphatic carbocycles. The Hall–Kier alpha value is -1.16. The summed E-state index contributed by atoms with van der Waals surface area (Å²) < 4.78 is 3.07. The number of anilines is 2. The highest BCUT2D eigenvalue weighted by atomic mass is 32.2. The molecule has 1 amide bonds. The molecule has 0 saturated heterocycles. The second kappa shape index (κ2) is 4.66. The van der Waals surface area contributed by atoms with Gasteiger partial charge < -0.3 is 10.0 Å². The predicted molar refractivity (Wildman–Crippen MR) is 53.3 cm³/mol. The van der Waals surface area contributed by atoms with Gasteiger partial charge in [-0.2, -0.15) is 0 Å². The summed E-state index contributed by atoms with van der Waals surface area (Å²) in [5.41, 5.74) is 1.78. The van der Waals surface area contributed by atoms with Crippen molar-refractivity contribution >= 4 is 29.7 Å². The number of hydrogen-bond acceptors (Lipinski definition) is 3. The summed E-state index contributed by atoms with van der Waals surface area (Å²) in [4.78, 5) is 10.1. The fourth-order valence-corrected chi connectivity index (χ4v) is 1.22. The van der Waals surface area contributed by atoms with Crippen molar-refractivity contribution in [1.82, 2.24) is 0 Å². The minimum absolute atomic E-state index is 0.665. The Balaban J connectivity index is 2.73. The van der Waals surface area contributed by atoms with Crippen molar-refractivity contribution in [2.75, 3.05) is 16.3 Å². The highest BCUT2D eigenvalue weighted by Gasteiger charge is 1.92. The van der Waals surface area contributed by atoms with E-state index < -0.39 is 0 Å². The van der Waals surface area contributed by atoms with Crippen LogP contribution in [0.15, 0.2) is 24.3 Å². The van der Waals surface area contributed by atoms with Gasteiger partial charge in [0.1, 0.15) is 0 Å². The summed E-state index contributed by atoms with van der Waals surface area (Å²) >= 11 is 1.52. The van der Waals surface area contributed by atoms with Gasteiger partial charge in [0.05, 0.1) is 0 Å². The van der Waals surface area contributed by atoms with Gasteiger partial charge in [-0.3, -0.25) is 4.79 Å². The lowest BCUT2D eigenvalue weighted by atomic mass is 10.3. The zero-order valence-corrected chi connectivity index (χ0v) is 7.52. The van der Waals surface area contributed by atoms with Crippen LogP contribution in [0.1, 0.15) is 0 Å². The van der Waals surface area contributed by atoms with Crippen LogP contribution >= 0.6 is 11.9 Å². The van der Waals surface area contributed by atoms with E-state index in [2.05, 4.69) is 10.0 Å². The minimum Gasteiger partial charge on any atom is -0.330 e. The van der Waals surface area contributed by atoms with Crippen molar-refractivity contribution in [3.05, 3.63) is 24.3 Å². The van der Waals surface area contributed by atoms with E-state index >= 15 is 0 Å². The van der Waals surface area contributed by atoms with Crippen LogP contribution in [-0.4, -0.2) is 12.7 Å². The maximum absolute atomic E-state index is 10.1. The number of amides is 1. The summed E-state index contributed by atoms with van der Waals surface area (Å²) in [6.45, 7) is 0. The van der Waals surface area contributed by atoms with E-state index in [4.69, 9.17) is 0 Å². The lowest BCUT2D eigenvalue weighted by Gasteiger charge is -2.03.